The normalized spacial score (nSPS) is 12.7. The molecule has 4 heteroatoms. The van der Waals surface area contributed by atoms with Gasteiger partial charge in [0, 0.05) is 6.54 Å². The number of unbranched alkanes of at least 4 members (excludes halogenated alkanes) is 3. The summed E-state index contributed by atoms with van der Waals surface area (Å²) in [4.78, 5) is 12.1. The molecule has 0 aliphatic rings. The summed E-state index contributed by atoms with van der Waals surface area (Å²) in [7, 11) is 0. The van der Waals surface area contributed by atoms with Crippen LogP contribution in [-0.4, -0.2) is 24.8 Å². The number of nitrogens with one attached hydrogen (secondary N) is 2. The summed E-state index contributed by atoms with van der Waals surface area (Å²) in [6, 6.07) is 9.92. The van der Waals surface area contributed by atoms with Crippen molar-refractivity contribution in [2.45, 2.75) is 65.0 Å². The molecule has 0 saturated carbocycles. The Hall–Kier alpha value is -1.55. The van der Waals surface area contributed by atoms with E-state index in [1.165, 1.54) is 25.7 Å². The van der Waals surface area contributed by atoms with E-state index in [9.17, 15) is 4.79 Å². The maximum absolute atomic E-state index is 12.1. The summed E-state index contributed by atoms with van der Waals surface area (Å²) in [5.41, 5.74) is 0.596. The van der Waals surface area contributed by atoms with E-state index >= 15 is 0 Å². The largest absolute Gasteiger partial charge is 0.444 e. The van der Waals surface area contributed by atoms with Crippen LogP contribution >= 0.6 is 0 Å². The van der Waals surface area contributed by atoms with Crippen molar-refractivity contribution in [1.82, 2.24) is 10.6 Å². The number of alkyl carbamates (subject to hydrolysis) is 1. The van der Waals surface area contributed by atoms with Gasteiger partial charge < -0.3 is 15.4 Å². The van der Waals surface area contributed by atoms with Crippen LogP contribution in [0.25, 0.3) is 0 Å². The molecule has 4 nitrogen and oxygen atoms in total. The molecular weight excluding hydrogens is 288 g/mol. The molecule has 0 saturated heterocycles. The van der Waals surface area contributed by atoms with Gasteiger partial charge in [0.1, 0.15) is 5.60 Å². The number of carbonyl (C=O) groups excluding carboxylic acids is 1. The van der Waals surface area contributed by atoms with Gasteiger partial charge in [-0.05, 0) is 39.3 Å². The average Bonchev–Trinajstić information content (AvgIpc) is 2.48. The zero-order valence-corrected chi connectivity index (χ0v) is 15.0. The van der Waals surface area contributed by atoms with Gasteiger partial charge in [0.25, 0.3) is 0 Å². The molecule has 0 bridgehead atoms. The third-order valence-corrected chi connectivity index (χ3v) is 3.45. The van der Waals surface area contributed by atoms with Crippen molar-refractivity contribution in [1.29, 1.82) is 0 Å². The third-order valence-electron chi connectivity index (χ3n) is 3.45. The highest BCUT2D eigenvalue weighted by Crippen LogP contribution is 2.14. The van der Waals surface area contributed by atoms with Crippen LogP contribution in [0.5, 0.6) is 0 Å². The predicted molar refractivity (Wildman–Crippen MR) is 95.6 cm³/mol. The van der Waals surface area contributed by atoms with Gasteiger partial charge in [-0.2, -0.15) is 0 Å². The molecule has 1 unspecified atom stereocenters. The number of benzene rings is 1. The van der Waals surface area contributed by atoms with Crippen LogP contribution in [0, 0.1) is 0 Å². The first-order valence-corrected chi connectivity index (χ1v) is 8.67. The Bertz CT molecular complexity index is 440. The lowest BCUT2D eigenvalue weighted by molar-refractivity contribution is 0.0503. The minimum atomic E-state index is -0.487. The maximum Gasteiger partial charge on any atom is 0.408 e. The predicted octanol–water partition coefficient (Wildman–Crippen LogP) is 4.42. The third kappa shape index (κ3) is 9.24. The monoisotopic (exact) mass is 320 g/mol. The minimum absolute atomic E-state index is 0.0859. The number of hydrogen-bond donors (Lipinski definition) is 2. The summed E-state index contributed by atoms with van der Waals surface area (Å²) >= 11 is 0. The van der Waals surface area contributed by atoms with Crippen LogP contribution in [0.15, 0.2) is 30.3 Å². The zero-order valence-electron chi connectivity index (χ0n) is 15.0. The van der Waals surface area contributed by atoms with Crippen molar-refractivity contribution in [2.75, 3.05) is 13.1 Å². The Morgan fingerprint density at radius 1 is 1.13 bits per heavy atom. The molecule has 0 heterocycles. The van der Waals surface area contributed by atoms with Gasteiger partial charge in [-0.1, -0.05) is 56.5 Å². The van der Waals surface area contributed by atoms with E-state index in [4.69, 9.17) is 4.74 Å². The highest BCUT2D eigenvalue weighted by molar-refractivity contribution is 5.68. The fraction of sp³-hybridized carbons (Fsp3) is 0.632. The molecule has 0 aliphatic carbocycles. The average molecular weight is 320 g/mol. The quantitative estimate of drug-likeness (QED) is 0.662. The Morgan fingerprint density at radius 3 is 2.43 bits per heavy atom. The van der Waals surface area contributed by atoms with Gasteiger partial charge in [0.05, 0.1) is 6.04 Å². The Balaban J connectivity index is 2.52. The SMILES string of the molecule is CCCCCCNCC(NC(=O)OC(C)(C)C)c1ccccc1. The molecule has 1 atom stereocenters. The molecule has 0 fully saturated rings. The van der Waals surface area contributed by atoms with Gasteiger partial charge in [0.15, 0.2) is 0 Å². The fourth-order valence-corrected chi connectivity index (χ4v) is 2.31. The van der Waals surface area contributed by atoms with Crippen LogP contribution in [-0.2, 0) is 4.74 Å². The topological polar surface area (TPSA) is 50.4 Å². The first kappa shape index (κ1) is 19.5. The van der Waals surface area contributed by atoms with Gasteiger partial charge in [-0.25, -0.2) is 4.79 Å². The van der Waals surface area contributed by atoms with Gasteiger partial charge >= 0.3 is 6.09 Å². The molecule has 23 heavy (non-hydrogen) atoms. The van der Waals surface area contributed by atoms with Gasteiger partial charge in [0.2, 0.25) is 0 Å². The molecule has 0 aromatic heterocycles. The molecule has 1 amide bonds. The highest BCUT2D eigenvalue weighted by Gasteiger charge is 2.20. The van der Waals surface area contributed by atoms with E-state index < -0.39 is 5.60 Å². The summed E-state index contributed by atoms with van der Waals surface area (Å²) < 4.78 is 5.37. The van der Waals surface area contributed by atoms with Crippen molar-refractivity contribution in [3.63, 3.8) is 0 Å². The Labute approximate surface area is 141 Å². The number of carbonyl (C=O) groups is 1. The number of amides is 1. The van der Waals surface area contributed by atoms with Crippen LogP contribution in [0.2, 0.25) is 0 Å². The second-order valence-corrected chi connectivity index (χ2v) is 6.87. The van der Waals surface area contributed by atoms with Crippen LogP contribution in [0.4, 0.5) is 4.79 Å². The molecule has 2 N–H and O–H groups in total. The van der Waals surface area contributed by atoms with Crippen molar-refractivity contribution in [2.24, 2.45) is 0 Å². The van der Waals surface area contributed by atoms with Crippen LogP contribution < -0.4 is 10.6 Å². The smallest absolute Gasteiger partial charge is 0.408 e. The maximum atomic E-state index is 12.1. The standard InChI is InChI=1S/C19H32N2O2/c1-5-6-7-11-14-20-15-17(16-12-9-8-10-13-16)21-18(22)23-19(2,3)4/h8-10,12-13,17,20H,5-7,11,14-15H2,1-4H3,(H,21,22). The molecule has 0 radical (unpaired) electrons. The molecule has 1 aromatic carbocycles. The summed E-state index contributed by atoms with van der Waals surface area (Å²) in [6.45, 7) is 9.50. The van der Waals surface area contributed by atoms with Crippen molar-refractivity contribution < 1.29 is 9.53 Å². The lowest BCUT2D eigenvalue weighted by atomic mass is 10.1. The lowest BCUT2D eigenvalue weighted by Crippen LogP contribution is -2.39. The van der Waals surface area contributed by atoms with Crippen LogP contribution in [0.3, 0.4) is 0 Å². The van der Waals surface area contributed by atoms with E-state index in [2.05, 4.69) is 17.6 Å². The minimum Gasteiger partial charge on any atom is -0.444 e. The van der Waals surface area contributed by atoms with Crippen molar-refractivity contribution >= 4 is 6.09 Å². The number of hydrogen-bond acceptors (Lipinski definition) is 3. The van der Waals surface area contributed by atoms with Crippen LogP contribution in [0.1, 0.15) is 65.0 Å². The van der Waals surface area contributed by atoms with E-state index in [0.29, 0.717) is 6.54 Å². The first-order chi connectivity index (χ1) is 10.9. The summed E-state index contributed by atoms with van der Waals surface area (Å²) in [5.74, 6) is 0. The number of rotatable bonds is 9. The van der Waals surface area contributed by atoms with E-state index in [1.54, 1.807) is 0 Å². The van der Waals surface area contributed by atoms with E-state index in [-0.39, 0.29) is 12.1 Å². The van der Waals surface area contributed by atoms with E-state index in [1.807, 2.05) is 51.1 Å². The summed E-state index contributed by atoms with van der Waals surface area (Å²) in [5, 5.41) is 6.41. The first-order valence-electron chi connectivity index (χ1n) is 8.67. The Morgan fingerprint density at radius 2 is 1.83 bits per heavy atom. The molecular formula is C19H32N2O2. The molecule has 1 rings (SSSR count). The molecule has 0 spiro atoms. The van der Waals surface area contributed by atoms with E-state index in [0.717, 1.165) is 12.1 Å². The second-order valence-electron chi connectivity index (χ2n) is 6.87. The lowest BCUT2D eigenvalue weighted by Gasteiger charge is -2.24. The Kier molecular flexibility index (Phi) is 8.70. The highest BCUT2D eigenvalue weighted by atomic mass is 16.6. The van der Waals surface area contributed by atoms with Gasteiger partial charge in [-0.15, -0.1) is 0 Å². The summed E-state index contributed by atoms with van der Waals surface area (Å²) in [6.07, 6.45) is 4.56. The fourth-order valence-electron chi connectivity index (χ4n) is 2.31. The van der Waals surface area contributed by atoms with Crippen molar-refractivity contribution in [3.05, 3.63) is 35.9 Å². The zero-order chi connectivity index (χ0) is 17.1. The molecule has 130 valence electrons. The number of ether oxygens (including phenoxy) is 1. The van der Waals surface area contributed by atoms with Gasteiger partial charge in [-0.3, -0.25) is 0 Å². The second kappa shape index (κ2) is 10.3. The molecule has 1 aromatic rings. The molecule has 0 aliphatic heterocycles. The van der Waals surface area contributed by atoms with Crippen molar-refractivity contribution in [3.8, 4) is 0 Å².